The minimum atomic E-state index is -2.29. The summed E-state index contributed by atoms with van der Waals surface area (Å²) in [7, 11) is 0. The van der Waals surface area contributed by atoms with Gasteiger partial charge in [-0.3, -0.25) is 9.59 Å². The predicted molar refractivity (Wildman–Crippen MR) is 182 cm³/mol. The highest BCUT2D eigenvalue weighted by molar-refractivity contribution is 6.02. The molecule has 1 saturated carbocycles. The summed E-state index contributed by atoms with van der Waals surface area (Å²) in [6.07, 6.45) is 5.26. The monoisotopic (exact) mass is 630 g/mol. The van der Waals surface area contributed by atoms with Crippen LogP contribution in [0.1, 0.15) is 41.7 Å². The van der Waals surface area contributed by atoms with Crippen LogP contribution in [-0.2, 0) is 28.9 Å². The molecule has 8 rings (SSSR count). The summed E-state index contributed by atoms with van der Waals surface area (Å²) in [5.41, 5.74) is -0.0807. The average molecular weight is 631 g/mol. The van der Waals surface area contributed by atoms with Gasteiger partial charge in [-0.05, 0) is 48.2 Å². The standard InChI is InChI=1S/C28H26F2O2.C14H14O/c1-18-15-21-25(32)28(30,17-20-11-7-4-8-12-20)23(18)24-26(21,2)14-13-22(31)27(24,29)16-19-9-5-3-6-10-19;1-11-7-8-14(15)13(9-11)10-12-5-3-2-4-6-12/h3-15,21,23-24H,16-17H2,1-2H3;2-9,15H,10H2,1H3/t21-,23-,24+,26-,27-,28+;/m0./s1. The number of fused-ring (bicyclic) bond motifs is 1. The Labute approximate surface area is 275 Å². The van der Waals surface area contributed by atoms with E-state index < -0.39 is 46.1 Å². The Morgan fingerprint density at radius 1 is 0.723 bits per heavy atom. The molecule has 0 aromatic heterocycles. The van der Waals surface area contributed by atoms with E-state index in [1.807, 2.05) is 49.4 Å². The number of carbonyl (C=O) groups is 2. The van der Waals surface area contributed by atoms with Gasteiger partial charge in [0, 0.05) is 42.4 Å². The van der Waals surface area contributed by atoms with Gasteiger partial charge in [0.25, 0.3) is 0 Å². The molecule has 4 aromatic rings. The zero-order valence-electron chi connectivity index (χ0n) is 27.0. The van der Waals surface area contributed by atoms with Crippen LogP contribution in [0.15, 0.2) is 133 Å². The lowest BCUT2D eigenvalue weighted by atomic mass is 9.42. The molecule has 0 saturated heterocycles. The number of benzene rings is 4. The van der Waals surface area contributed by atoms with E-state index in [2.05, 4.69) is 12.1 Å². The summed E-state index contributed by atoms with van der Waals surface area (Å²) in [6.45, 7) is 5.61. The van der Waals surface area contributed by atoms with Gasteiger partial charge in [0.1, 0.15) is 5.75 Å². The third-order valence-corrected chi connectivity index (χ3v) is 10.4. The van der Waals surface area contributed by atoms with Gasteiger partial charge in [-0.15, -0.1) is 0 Å². The predicted octanol–water partition coefficient (Wildman–Crippen LogP) is 8.72. The lowest BCUT2D eigenvalue weighted by molar-refractivity contribution is -0.173. The number of aryl methyl sites for hydroxylation is 1. The van der Waals surface area contributed by atoms with Crippen molar-refractivity contribution >= 4 is 11.6 Å². The molecule has 240 valence electrons. The third kappa shape index (κ3) is 5.88. The van der Waals surface area contributed by atoms with Gasteiger partial charge in [0.2, 0.25) is 0 Å². The van der Waals surface area contributed by atoms with Crippen LogP contribution >= 0.6 is 0 Å². The van der Waals surface area contributed by atoms with Crippen LogP contribution in [0.3, 0.4) is 0 Å². The first kappa shape index (κ1) is 32.3. The summed E-state index contributed by atoms with van der Waals surface area (Å²) < 4.78 is 33.8. The summed E-state index contributed by atoms with van der Waals surface area (Å²) in [4.78, 5) is 26.6. The second-order valence-electron chi connectivity index (χ2n) is 13.6. The number of alkyl halides is 2. The van der Waals surface area contributed by atoms with Crippen LogP contribution in [0.25, 0.3) is 0 Å². The third-order valence-electron chi connectivity index (χ3n) is 10.4. The summed E-state index contributed by atoms with van der Waals surface area (Å²) >= 11 is 0. The van der Waals surface area contributed by atoms with Crippen LogP contribution in [-0.4, -0.2) is 28.0 Å². The average Bonchev–Trinajstić information content (AvgIpc) is 3.06. The summed E-state index contributed by atoms with van der Waals surface area (Å²) in [6, 6.07) is 33.9. The van der Waals surface area contributed by atoms with Crippen molar-refractivity contribution in [1.82, 2.24) is 0 Å². The highest BCUT2D eigenvalue weighted by atomic mass is 19.1. The first-order chi connectivity index (χ1) is 22.5. The van der Waals surface area contributed by atoms with Crippen molar-refractivity contribution in [2.45, 2.75) is 51.4 Å². The number of allylic oxidation sites excluding steroid dienone is 4. The molecule has 2 bridgehead atoms. The molecule has 1 fully saturated rings. The summed E-state index contributed by atoms with van der Waals surface area (Å²) in [5.74, 6) is -3.54. The number of Topliss-reactive ketones (excluding diaryl/α,β-unsaturated/α-hetero) is 1. The number of phenols is 1. The molecule has 0 heterocycles. The number of rotatable bonds is 6. The van der Waals surface area contributed by atoms with Gasteiger partial charge >= 0.3 is 0 Å². The lowest BCUT2D eigenvalue weighted by Gasteiger charge is -2.61. The number of carbonyl (C=O) groups excluding carboxylic acids is 2. The van der Waals surface area contributed by atoms with E-state index in [1.165, 1.54) is 17.2 Å². The molecule has 5 heteroatoms. The second kappa shape index (κ2) is 12.5. The molecular formula is C42H40F2O3. The van der Waals surface area contributed by atoms with Gasteiger partial charge in [-0.2, -0.15) is 0 Å². The van der Waals surface area contributed by atoms with E-state index >= 15 is 8.78 Å². The number of hydrogen-bond donors (Lipinski definition) is 1. The Kier molecular flexibility index (Phi) is 8.61. The van der Waals surface area contributed by atoms with Crippen molar-refractivity contribution in [3.8, 4) is 5.75 Å². The number of phenolic OH excluding ortho intramolecular Hbond substituents is 1. The van der Waals surface area contributed by atoms with Crippen molar-refractivity contribution in [1.29, 1.82) is 0 Å². The zero-order chi connectivity index (χ0) is 33.4. The molecule has 0 spiro atoms. The van der Waals surface area contributed by atoms with Crippen molar-refractivity contribution < 1.29 is 23.5 Å². The molecule has 47 heavy (non-hydrogen) atoms. The van der Waals surface area contributed by atoms with E-state index in [0.717, 1.165) is 12.0 Å². The molecule has 0 unspecified atom stereocenters. The van der Waals surface area contributed by atoms with Gasteiger partial charge < -0.3 is 5.11 Å². The van der Waals surface area contributed by atoms with Gasteiger partial charge in [-0.25, -0.2) is 8.78 Å². The molecular weight excluding hydrogens is 590 g/mol. The molecule has 4 aliphatic rings. The van der Waals surface area contributed by atoms with Crippen LogP contribution in [0.5, 0.6) is 5.75 Å². The van der Waals surface area contributed by atoms with Crippen LogP contribution in [0, 0.1) is 30.1 Å². The zero-order valence-corrected chi connectivity index (χ0v) is 27.0. The van der Waals surface area contributed by atoms with Gasteiger partial charge in [-0.1, -0.05) is 133 Å². The van der Waals surface area contributed by atoms with Gasteiger partial charge in [0.05, 0.1) is 0 Å². The largest absolute Gasteiger partial charge is 0.508 e. The maximum absolute atomic E-state index is 17.0. The molecule has 0 amide bonds. The SMILES string of the molecule is CC1=C[C@H]2C(=O)[C@@](F)(Cc3ccccc3)[C@@H]1[C@@H]1[C@@]2(C)C=CC(=O)[C@@]1(F)Cc1ccccc1.Cc1ccc(O)c(Cc2ccccc2)c1. The highest BCUT2D eigenvalue weighted by Gasteiger charge is 2.72. The number of halogens is 2. The van der Waals surface area contributed by atoms with E-state index in [4.69, 9.17) is 0 Å². The van der Waals surface area contributed by atoms with Crippen LogP contribution < -0.4 is 0 Å². The minimum absolute atomic E-state index is 0.120. The Hall–Kier alpha value is -4.64. The fraction of sp³-hybridized carbons (Fsp3) is 0.286. The van der Waals surface area contributed by atoms with E-state index in [1.54, 1.807) is 80.6 Å². The first-order valence-electron chi connectivity index (χ1n) is 16.2. The number of ketones is 2. The Balaban J connectivity index is 0.000000215. The molecule has 3 nitrogen and oxygen atoms in total. The van der Waals surface area contributed by atoms with Crippen molar-refractivity contribution in [2.75, 3.05) is 0 Å². The van der Waals surface area contributed by atoms with Gasteiger partial charge in [0.15, 0.2) is 22.9 Å². The fourth-order valence-electron chi connectivity index (χ4n) is 8.12. The maximum atomic E-state index is 17.0. The molecule has 4 aliphatic carbocycles. The normalized spacial score (nSPS) is 29.0. The lowest BCUT2D eigenvalue weighted by Crippen LogP contribution is -2.70. The fourth-order valence-corrected chi connectivity index (χ4v) is 8.12. The molecule has 0 radical (unpaired) electrons. The van der Waals surface area contributed by atoms with Crippen molar-refractivity contribution in [2.24, 2.45) is 23.2 Å². The second-order valence-corrected chi connectivity index (χ2v) is 13.6. The Morgan fingerprint density at radius 3 is 1.83 bits per heavy atom. The first-order valence-corrected chi connectivity index (χ1v) is 16.2. The van der Waals surface area contributed by atoms with E-state index in [0.29, 0.717) is 22.4 Å². The molecule has 1 N–H and O–H groups in total. The topological polar surface area (TPSA) is 54.4 Å². The number of aromatic hydroxyl groups is 1. The van der Waals surface area contributed by atoms with Crippen LogP contribution in [0.4, 0.5) is 8.78 Å². The minimum Gasteiger partial charge on any atom is -0.508 e. The molecule has 6 atom stereocenters. The maximum Gasteiger partial charge on any atom is 0.193 e. The smallest absolute Gasteiger partial charge is 0.193 e. The van der Waals surface area contributed by atoms with Crippen molar-refractivity contribution in [3.63, 3.8) is 0 Å². The quantitative estimate of drug-likeness (QED) is 0.217. The Bertz CT molecular complexity index is 1830. The Morgan fingerprint density at radius 2 is 1.26 bits per heavy atom. The molecule has 0 aliphatic heterocycles. The van der Waals surface area contributed by atoms with Crippen LogP contribution in [0.2, 0.25) is 0 Å². The summed E-state index contributed by atoms with van der Waals surface area (Å²) in [5, 5.41) is 9.70. The van der Waals surface area contributed by atoms with E-state index in [-0.39, 0.29) is 12.8 Å². The highest BCUT2D eigenvalue weighted by Crippen LogP contribution is 2.65. The molecule has 4 aromatic carbocycles. The van der Waals surface area contributed by atoms with Crippen molar-refractivity contribution in [3.05, 3.63) is 161 Å². The number of hydrogen-bond acceptors (Lipinski definition) is 3. The van der Waals surface area contributed by atoms with E-state index in [9.17, 15) is 14.7 Å².